The summed E-state index contributed by atoms with van der Waals surface area (Å²) in [5.74, 6) is 0.304. The second-order valence-corrected chi connectivity index (χ2v) is 5.14. The smallest absolute Gasteiger partial charge is 0.141 e. The van der Waals surface area contributed by atoms with Gasteiger partial charge in [-0.2, -0.15) is 0 Å². The van der Waals surface area contributed by atoms with E-state index in [0.717, 1.165) is 22.1 Å². The molecule has 0 aliphatic rings. The van der Waals surface area contributed by atoms with E-state index >= 15 is 0 Å². The number of benzene rings is 3. The van der Waals surface area contributed by atoms with E-state index in [1.165, 1.54) is 6.07 Å². The van der Waals surface area contributed by atoms with Gasteiger partial charge in [0.15, 0.2) is 0 Å². The lowest BCUT2D eigenvalue weighted by atomic mass is 10.1. The first-order chi connectivity index (χ1) is 10.1. The van der Waals surface area contributed by atoms with Crippen LogP contribution >= 0.6 is 11.6 Å². The predicted molar refractivity (Wildman–Crippen MR) is 84.1 cm³/mol. The molecule has 0 saturated carbocycles. The normalized spacial score (nSPS) is 10.8. The van der Waals surface area contributed by atoms with Gasteiger partial charge in [-0.05, 0) is 29.8 Å². The zero-order valence-corrected chi connectivity index (χ0v) is 11.9. The fourth-order valence-electron chi connectivity index (χ4n) is 2.21. The zero-order valence-electron chi connectivity index (χ0n) is 11.1. The van der Waals surface area contributed by atoms with E-state index in [-0.39, 0.29) is 5.02 Å². The number of anilines is 1. The highest BCUT2D eigenvalue weighted by Crippen LogP contribution is 2.30. The summed E-state index contributed by atoms with van der Waals surface area (Å²) in [5.41, 5.74) is 7.47. The van der Waals surface area contributed by atoms with Crippen molar-refractivity contribution in [3.8, 4) is 5.75 Å². The summed E-state index contributed by atoms with van der Waals surface area (Å²) in [6.07, 6.45) is 0. The van der Waals surface area contributed by atoms with Crippen molar-refractivity contribution < 1.29 is 9.13 Å². The van der Waals surface area contributed by atoms with Gasteiger partial charge in [0, 0.05) is 16.5 Å². The number of halogens is 2. The number of nitrogens with two attached hydrogens (primary N) is 1. The fraction of sp³-hybridized carbons (Fsp3) is 0.0588. The third kappa shape index (κ3) is 2.78. The Morgan fingerprint density at radius 1 is 1.00 bits per heavy atom. The summed E-state index contributed by atoms with van der Waals surface area (Å²) in [6.45, 7) is 0.313. The third-order valence-electron chi connectivity index (χ3n) is 3.30. The van der Waals surface area contributed by atoms with Crippen LogP contribution in [-0.2, 0) is 6.61 Å². The Kier molecular flexibility index (Phi) is 3.67. The Morgan fingerprint density at radius 3 is 2.52 bits per heavy atom. The molecule has 0 bridgehead atoms. The van der Waals surface area contributed by atoms with Crippen molar-refractivity contribution in [3.63, 3.8) is 0 Å². The average molecular weight is 302 g/mol. The van der Waals surface area contributed by atoms with Crippen LogP contribution in [0.15, 0.2) is 54.6 Å². The molecule has 3 aromatic rings. The van der Waals surface area contributed by atoms with Gasteiger partial charge >= 0.3 is 0 Å². The van der Waals surface area contributed by atoms with Crippen molar-refractivity contribution in [3.05, 3.63) is 71.0 Å². The van der Waals surface area contributed by atoms with Crippen LogP contribution in [0.4, 0.5) is 10.1 Å². The molecule has 3 aromatic carbocycles. The molecule has 0 radical (unpaired) electrons. The summed E-state index contributed by atoms with van der Waals surface area (Å²) in [6, 6.07) is 16.0. The van der Waals surface area contributed by atoms with Crippen LogP contribution < -0.4 is 10.5 Å². The van der Waals surface area contributed by atoms with Gasteiger partial charge < -0.3 is 10.5 Å². The molecule has 0 atom stereocenters. The minimum Gasteiger partial charge on any atom is -0.488 e. The fourth-order valence-corrected chi connectivity index (χ4v) is 2.41. The molecule has 0 amide bonds. The molecule has 2 nitrogen and oxygen atoms in total. The van der Waals surface area contributed by atoms with Crippen LogP contribution in [-0.4, -0.2) is 0 Å². The van der Waals surface area contributed by atoms with Crippen molar-refractivity contribution in [2.24, 2.45) is 0 Å². The summed E-state index contributed by atoms with van der Waals surface area (Å²) in [5, 5.41) is 2.00. The van der Waals surface area contributed by atoms with E-state index in [1.807, 2.05) is 36.4 Å². The van der Waals surface area contributed by atoms with Crippen molar-refractivity contribution in [1.29, 1.82) is 0 Å². The van der Waals surface area contributed by atoms with Gasteiger partial charge in [0.05, 0.1) is 5.02 Å². The molecule has 106 valence electrons. The molecule has 0 aromatic heterocycles. The molecule has 3 rings (SSSR count). The van der Waals surface area contributed by atoms with E-state index in [4.69, 9.17) is 22.1 Å². The summed E-state index contributed by atoms with van der Waals surface area (Å²) < 4.78 is 18.9. The largest absolute Gasteiger partial charge is 0.488 e. The van der Waals surface area contributed by atoms with Crippen LogP contribution in [0.1, 0.15) is 5.56 Å². The Morgan fingerprint density at radius 2 is 1.76 bits per heavy atom. The van der Waals surface area contributed by atoms with Gasteiger partial charge in [-0.3, -0.25) is 0 Å². The second-order valence-electron chi connectivity index (χ2n) is 4.74. The topological polar surface area (TPSA) is 35.2 Å². The lowest BCUT2D eigenvalue weighted by Gasteiger charge is -2.11. The van der Waals surface area contributed by atoms with Crippen LogP contribution in [0.3, 0.4) is 0 Å². The molecule has 0 unspecified atom stereocenters. The molecule has 0 aliphatic carbocycles. The van der Waals surface area contributed by atoms with E-state index in [9.17, 15) is 4.39 Å². The lowest BCUT2D eigenvalue weighted by Crippen LogP contribution is -1.97. The maximum absolute atomic E-state index is 13.1. The SMILES string of the molecule is Nc1ccc(OCc2ccc(F)c(Cl)c2)c2ccccc12. The van der Waals surface area contributed by atoms with E-state index in [1.54, 1.807) is 12.1 Å². The first kappa shape index (κ1) is 13.7. The molecule has 0 spiro atoms. The standard InChI is InChI=1S/C17H13ClFNO/c18-14-9-11(5-6-15(14)19)10-21-17-8-7-16(20)12-3-1-2-4-13(12)17/h1-9H,10,20H2. The van der Waals surface area contributed by atoms with Crippen molar-refractivity contribution in [2.45, 2.75) is 6.61 Å². The predicted octanol–water partition coefficient (Wildman–Crippen LogP) is 4.79. The molecule has 2 N–H and O–H groups in total. The van der Waals surface area contributed by atoms with E-state index in [2.05, 4.69) is 0 Å². The molecular formula is C17H13ClFNO. The Bertz CT molecular complexity index is 804. The number of ether oxygens (including phenoxy) is 1. The molecule has 0 heterocycles. The van der Waals surface area contributed by atoms with Gasteiger partial charge in [0.2, 0.25) is 0 Å². The molecule has 21 heavy (non-hydrogen) atoms. The second kappa shape index (κ2) is 5.62. The minimum atomic E-state index is -0.432. The van der Waals surface area contributed by atoms with E-state index in [0.29, 0.717) is 12.3 Å². The summed E-state index contributed by atoms with van der Waals surface area (Å²) >= 11 is 5.76. The lowest BCUT2D eigenvalue weighted by molar-refractivity contribution is 0.310. The number of rotatable bonds is 3. The zero-order chi connectivity index (χ0) is 14.8. The van der Waals surface area contributed by atoms with Gasteiger partial charge in [0.25, 0.3) is 0 Å². The Balaban J connectivity index is 1.88. The maximum atomic E-state index is 13.1. The molecule has 0 aliphatic heterocycles. The van der Waals surface area contributed by atoms with Gasteiger partial charge in [0.1, 0.15) is 18.2 Å². The highest BCUT2D eigenvalue weighted by molar-refractivity contribution is 6.30. The quantitative estimate of drug-likeness (QED) is 0.706. The third-order valence-corrected chi connectivity index (χ3v) is 3.59. The highest BCUT2D eigenvalue weighted by atomic mass is 35.5. The van der Waals surface area contributed by atoms with Crippen LogP contribution in [0.25, 0.3) is 10.8 Å². The average Bonchev–Trinajstić information content (AvgIpc) is 2.50. The van der Waals surface area contributed by atoms with Crippen molar-refractivity contribution in [2.75, 3.05) is 5.73 Å². The monoisotopic (exact) mass is 301 g/mol. The first-order valence-corrected chi connectivity index (χ1v) is 6.87. The van der Waals surface area contributed by atoms with Crippen LogP contribution in [0, 0.1) is 5.82 Å². The number of hydrogen-bond donors (Lipinski definition) is 1. The molecule has 0 fully saturated rings. The van der Waals surface area contributed by atoms with Gasteiger partial charge in [-0.15, -0.1) is 0 Å². The van der Waals surface area contributed by atoms with Gasteiger partial charge in [-0.1, -0.05) is 41.9 Å². The summed E-state index contributed by atoms with van der Waals surface area (Å²) in [7, 11) is 0. The molecular weight excluding hydrogens is 289 g/mol. The Labute approximate surface area is 126 Å². The number of hydrogen-bond acceptors (Lipinski definition) is 2. The molecule has 4 heteroatoms. The van der Waals surface area contributed by atoms with Gasteiger partial charge in [-0.25, -0.2) is 4.39 Å². The van der Waals surface area contributed by atoms with Crippen molar-refractivity contribution in [1.82, 2.24) is 0 Å². The maximum Gasteiger partial charge on any atom is 0.141 e. The van der Waals surface area contributed by atoms with Crippen molar-refractivity contribution >= 4 is 28.1 Å². The first-order valence-electron chi connectivity index (χ1n) is 6.49. The highest BCUT2D eigenvalue weighted by Gasteiger charge is 2.06. The number of nitrogen functional groups attached to an aromatic ring is 1. The Hall–Kier alpha value is -2.26. The number of fused-ring (bicyclic) bond motifs is 1. The molecule has 0 saturated heterocycles. The van der Waals surface area contributed by atoms with E-state index < -0.39 is 5.82 Å². The summed E-state index contributed by atoms with van der Waals surface area (Å²) in [4.78, 5) is 0. The van der Waals surface area contributed by atoms with Crippen LogP contribution in [0.2, 0.25) is 5.02 Å². The minimum absolute atomic E-state index is 0.0956. The van der Waals surface area contributed by atoms with Crippen LogP contribution in [0.5, 0.6) is 5.75 Å².